The number of fused-ring (bicyclic) bond motifs is 2. The van der Waals surface area contributed by atoms with Crippen LogP contribution in [0.2, 0.25) is 0 Å². The lowest BCUT2D eigenvalue weighted by Crippen LogP contribution is -2.32. The van der Waals surface area contributed by atoms with Crippen molar-refractivity contribution < 1.29 is 14.2 Å². The summed E-state index contributed by atoms with van der Waals surface area (Å²) in [6, 6.07) is 25.8. The van der Waals surface area contributed by atoms with Crippen LogP contribution in [0.15, 0.2) is 78.9 Å². The first-order valence-corrected chi connectivity index (χ1v) is 12.5. The molecule has 0 radical (unpaired) electrons. The summed E-state index contributed by atoms with van der Waals surface area (Å²) in [6.45, 7) is 2.38. The van der Waals surface area contributed by atoms with Gasteiger partial charge in [-0.1, -0.05) is 48.5 Å². The van der Waals surface area contributed by atoms with Crippen LogP contribution in [0.25, 0.3) is 0 Å². The summed E-state index contributed by atoms with van der Waals surface area (Å²) in [7, 11) is 0. The molecular formula is C28H25N5O3S. The van der Waals surface area contributed by atoms with Crippen molar-refractivity contribution in [1.29, 1.82) is 0 Å². The maximum absolute atomic E-state index is 6.07. The Kier molecular flexibility index (Phi) is 6.43. The molecule has 8 nitrogen and oxygen atoms in total. The maximum atomic E-state index is 6.07. The molecule has 186 valence electrons. The van der Waals surface area contributed by atoms with Gasteiger partial charge in [0.15, 0.2) is 16.6 Å². The zero-order valence-corrected chi connectivity index (χ0v) is 20.8. The van der Waals surface area contributed by atoms with E-state index >= 15 is 0 Å². The second-order valence-electron chi connectivity index (χ2n) is 8.74. The number of anilines is 2. The van der Waals surface area contributed by atoms with E-state index in [1.165, 1.54) is 11.1 Å². The second-order valence-corrected chi connectivity index (χ2v) is 9.15. The summed E-state index contributed by atoms with van der Waals surface area (Å²) in [6.07, 6.45) is 0.952. The third-order valence-electron chi connectivity index (χ3n) is 6.22. The van der Waals surface area contributed by atoms with Gasteiger partial charge in [0.2, 0.25) is 18.6 Å². The number of aromatic nitrogens is 2. The highest BCUT2D eigenvalue weighted by Gasteiger charge is 2.20. The van der Waals surface area contributed by atoms with Crippen molar-refractivity contribution in [2.24, 2.45) is 0 Å². The molecule has 4 aromatic rings. The van der Waals surface area contributed by atoms with Crippen molar-refractivity contribution >= 4 is 29.1 Å². The van der Waals surface area contributed by atoms with E-state index in [1.54, 1.807) is 0 Å². The summed E-state index contributed by atoms with van der Waals surface area (Å²) in [4.78, 5) is 11.6. The lowest BCUT2D eigenvalue weighted by molar-refractivity contribution is 0.174. The van der Waals surface area contributed by atoms with Crippen molar-refractivity contribution in [3.8, 4) is 23.1 Å². The molecule has 3 heterocycles. The third-order valence-corrected chi connectivity index (χ3v) is 6.47. The monoisotopic (exact) mass is 511 g/mol. The molecule has 0 fully saturated rings. The van der Waals surface area contributed by atoms with Crippen LogP contribution in [-0.4, -0.2) is 28.4 Å². The van der Waals surface area contributed by atoms with Crippen molar-refractivity contribution in [1.82, 2.24) is 15.3 Å². The molecule has 0 aliphatic carbocycles. The number of thiocarbonyl (C=S) groups is 1. The highest BCUT2D eigenvalue weighted by Crippen LogP contribution is 2.32. The first-order valence-electron chi connectivity index (χ1n) is 12.1. The minimum Gasteiger partial charge on any atom is -0.454 e. The zero-order chi connectivity index (χ0) is 25.0. The molecule has 0 unspecified atom stereocenters. The Morgan fingerprint density at radius 2 is 1.73 bits per heavy atom. The van der Waals surface area contributed by atoms with Gasteiger partial charge < -0.3 is 29.7 Å². The number of hydrogen-bond donors (Lipinski definition) is 2. The van der Waals surface area contributed by atoms with Crippen LogP contribution in [-0.2, 0) is 19.5 Å². The average Bonchev–Trinajstić information content (AvgIpc) is 3.40. The van der Waals surface area contributed by atoms with E-state index in [-0.39, 0.29) is 6.79 Å². The summed E-state index contributed by atoms with van der Waals surface area (Å²) in [5, 5.41) is 6.74. The minimum absolute atomic E-state index is 0.246. The van der Waals surface area contributed by atoms with Gasteiger partial charge in [0, 0.05) is 25.7 Å². The Bertz CT molecular complexity index is 1430. The van der Waals surface area contributed by atoms with E-state index in [1.807, 2.05) is 54.6 Å². The molecule has 2 aliphatic rings. The van der Waals surface area contributed by atoms with E-state index in [2.05, 4.69) is 44.8 Å². The fourth-order valence-corrected chi connectivity index (χ4v) is 4.53. The molecule has 1 aromatic heterocycles. The van der Waals surface area contributed by atoms with Crippen LogP contribution in [0.4, 0.5) is 11.8 Å². The van der Waals surface area contributed by atoms with Crippen molar-refractivity contribution in [2.75, 3.05) is 23.6 Å². The van der Waals surface area contributed by atoms with Crippen LogP contribution in [0, 0.1) is 0 Å². The van der Waals surface area contributed by atoms with Crippen LogP contribution in [0.3, 0.4) is 0 Å². The number of ether oxygens (including phenoxy) is 3. The molecule has 37 heavy (non-hydrogen) atoms. The van der Waals surface area contributed by atoms with Crippen LogP contribution < -0.4 is 29.7 Å². The number of nitrogens with zero attached hydrogens (tertiary/aromatic N) is 3. The van der Waals surface area contributed by atoms with Crippen molar-refractivity contribution in [3.05, 3.63) is 95.6 Å². The third kappa shape index (κ3) is 5.41. The first-order chi connectivity index (χ1) is 18.2. The number of nitrogens with one attached hydrogen (secondary N) is 2. The van der Waals surface area contributed by atoms with Gasteiger partial charge in [-0.2, -0.15) is 9.97 Å². The second kappa shape index (κ2) is 10.3. The van der Waals surface area contributed by atoms with Crippen LogP contribution in [0.5, 0.6) is 23.1 Å². The van der Waals surface area contributed by atoms with E-state index in [9.17, 15) is 0 Å². The number of hydrogen-bond acceptors (Lipinski definition) is 7. The fourth-order valence-electron chi connectivity index (χ4n) is 4.36. The summed E-state index contributed by atoms with van der Waals surface area (Å²) >= 11 is 5.55. The quantitative estimate of drug-likeness (QED) is 0.346. The predicted molar refractivity (Wildman–Crippen MR) is 145 cm³/mol. The standard InChI is InChI=1S/C28H25N5O3S/c37-28(29-16-19-10-11-23-24(14-19)35-18-34-23)32-27-30-25(15-26(31-27)36-22-8-2-1-3-9-22)33-13-12-20-6-4-5-7-21(20)17-33/h1-11,14-15H,12-13,16-18H2,(H2,29,30,31,32,37). The van der Waals surface area contributed by atoms with Gasteiger partial charge >= 0.3 is 0 Å². The molecule has 0 amide bonds. The Morgan fingerprint density at radius 1 is 0.919 bits per heavy atom. The van der Waals surface area contributed by atoms with Gasteiger partial charge in [-0.3, -0.25) is 0 Å². The fraction of sp³-hybridized carbons (Fsp3) is 0.179. The van der Waals surface area contributed by atoms with E-state index < -0.39 is 0 Å². The lowest BCUT2D eigenvalue weighted by Gasteiger charge is -2.30. The Morgan fingerprint density at radius 3 is 2.62 bits per heavy atom. The van der Waals surface area contributed by atoms with Gasteiger partial charge in [-0.25, -0.2) is 0 Å². The molecule has 0 bridgehead atoms. The van der Waals surface area contributed by atoms with Gasteiger partial charge in [0.25, 0.3) is 0 Å². The van der Waals surface area contributed by atoms with E-state index in [0.717, 1.165) is 42.4 Å². The molecule has 6 rings (SSSR count). The van der Waals surface area contributed by atoms with Gasteiger partial charge in [0.05, 0.1) is 0 Å². The number of benzene rings is 3. The Labute approximate surface area is 220 Å². The van der Waals surface area contributed by atoms with Gasteiger partial charge in [-0.05, 0) is 59.6 Å². The van der Waals surface area contributed by atoms with E-state index in [0.29, 0.717) is 29.2 Å². The SMILES string of the molecule is S=C(NCc1ccc2c(c1)OCO2)Nc1nc(Oc2ccccc2)cc(N2CCc3ccccc3C2)n1. The average molecular weight is 512 g/mol. The zero-order valence-electron chi connectivity index (χ0n) is 20.0. The maximum Gasteiger partial charge on any atom is 0.234 e. The first kappa shape index (κ1) is 23.1. The van der Waals surface area contributed by atoms with Crippen molar-refractivity contribution in [2.45, 2.75) is 19.5 Å². The molecule has 0 saturated heterocycles. The number of rotatable bonds is 6. The molecule has 0 spiro atoms. The Balaban J connectivity index is 1.20. The Hall–Kier alpha value is -4.37. The normalized spacial score (nSPS) is 13.6. The van der Waals surface area contributed by atoms with Crippen LogP contribution in [0.1, 0.15) is 16.7 Å². The topological polar surface area (TPSA) is 80.8 Å². The highest BCUT2D eigenvalue weighted by atomic mass is 32.1. The molecule has 0 atom stereocenters. The molecule has 0 saturated carbocycles. The summed E-state index contributed by atoms with van der Waals surface area (Å²) < 4.78 is 16.9. The minimum atomic E-state index is 0.246. The van der Waals surface area contributed by atoms with Crippen molar-refractivity contribution in [3.63, 3.8) is 0 Å². The molecule has 9 heteroatoms. The van der Waals surface area contributed by atoms with Gasteiger partial charge in [-0.15, -0.1) is 0 Å². The smallest absolute Gasteiger partial charge is 0.234 e. The molecule has 2 aliphatic heterocycles. The molecule has 3 aromatic carbocycles. The summed E-state index contributed by atoms with van der Waals surface area (Å²) in [5.74, 6) is 3.77. The van der Waals surface area contributed by atoms with E-state index in [4.69, 9.17) is 31.4 Å². The molecule has 2 N–H and O–H groups in total. The lowest BCUT2D eigenvalue weighted by atomic mass is 10.00. The molecular weight excluding hydrogens is 486 g/mol. The number of para-hydroxylation sites is 1. The predicted octanol–water partition coefficient (Wildman–Crippen LogP) is 5.05. The largest absolute Gasteiger partial charge is 0.454 e. The van der Waals surface area contributed by atoms with Gasteiger partial charge in [0.1, 0.15) is 11.6 Å². The summed E-state index contributed by atoms with van der Waals surface area (Å²) in [5.41, 5.74) is 3.69. The van der Waals surface area contributed by atoms with Crippen LogP contribution >= 0.6 is 12.2 Å². The highest BCUT2D eigenvalue weighted by molar-refractivity contribution is 7.80.